The Morgan fingerprint density at radius 3 is 3.18 bits per heavy atom. The number of aryl methyl sites for hydroxylation is 1. The maximum atomic E-state index is 13.3. The minimum atomic E-state index is -0.191. The highest BCUT2D eigenvalue weighted by molar-refractivity contribution is 5.76. The Balaban J connectivity index is 2.01. The third kappa shape index (κ3) is 1.93. The van der Waals surface area contributed by atoms with Crippen LogP contribution in [0.25, 0.3) is 11.0 Å². The molecule has 1 unspecified atom stereocenters. The number of imidazole rings is 1. The Bertz CT molecular complexity index is 541. The van der Waals surface area contributed by atoms with Gasteiger partial charge in [0.15, 0.2) is 0 Å². The maximum absolute atomic E-state index is 13.3. The summed E-state index contributed by atoms with van der Waals surface area (Å²) in [6, 6.07) is 4.80. The Hall–Kier alpha value is -1.42. The highest BCUT2D eigenvalue weighted by Crippen LogP contribution is 2.20. The number of fused-ring (bicyclic) bond motifs is 1. The van der Waals surface area contributed by atoms with E-state index in [0.29, 0.717) is 5.92 Å². The largest absolute Gasteiger partial charge is 0.328 e. The molecule has 1 saturated heterocycles. The molecule has 0 bridgehead atoms. The van der Waals surface area contributed by atoms with Gasteiger partial charge in [-0.3, -0.25) is 0 Å². The first-order chi connectivity index (χ1) is 8.24. The fourth-order valence-corrected chi connectivity index (χ4v) is 2.58. The molecule has 1 aromatic heterocycles. The monoisotopic (exact) mass is 233 g/mol. The molecule has 90 valence electrons. The van der Waals surface area contributed by atoms with Crippen molar-refractivity contribution in [2.45, 2.75) is 19.9 Å². The van der Waals surface area contributed by atoms with Gasteiger partial charge < -0.3 is 9.88 Å². The number of aromatic nitrogens is 2. The molecule has 4 heteroatoms. The van der Waals surface area contributed by atoms with E-state index >= 15 is 0 Å². The Morgan fingerprint density at radius 2 is 2.41 bits per heavy atom. The van der Waals surface area contributed by atoms with Crippen LogP contribution in [0, 0.1) is 18.7 Å². The summed E-state index contributed by atoms with van der Waals surface area (Å²) in [6.45, 7) is 5.05. The van der Waals surface area contributed by atoms with E-state index in [9.17, 15) is 4.39 Å². The molecule has 1 aromatic carbocycles. The lowest BCUT2D eigenvalue weighted by molar-refractivity contribution is 0.482. The fraction of sp³-hybridized carbons (Fsp3) is 0.462. The number of hydrogen-bond donors (Lipinski definition) is 1. The van der Waals surface area contributed by atoms with E-state index in [-0.39, 0.29) is 5.82 Å². The second-order valence-electron chi connectivity index (χ2n) is 4.76. The quantitative estimate of drug-likeness (QED) is 0.860. The first kappa shape index (κ1) is 10.7. The zero-order valence-electron chi connectivity index (χ0n) is 9.91. The van der Waals surface area contributed by atoms with Gasteiger partial charge in [0.25, 0.3) is 0 Å². The standard InChI is InChI=1S/C13H16FN3/c1-9-16-12-3-2-11(14)6-13(12)17(9)8-10-4-5-15-7-10/h2-3,6,10,15H,4-5,7-8H2,1H3. The summed E-state index contributed by atoms with van der Waals surface area (Å²) in [5.41, 5.74) is 1.80. The fourth-order valence-electron chi connectivity index (χ4n) is 2.58. The summed E-state index contributed by atoms with van der Waals surface area (Å²) in [5, 5.41) is 3.36. The molecular weight excluding hydrogens is 217 g/mol. The summed E-state index contributed by atoms with van der Waals surface area (Å²) in [6.07, 6.45) is 1.19. The van der Waals surface area contributed by atoms with Crippen LogP contribution >= 0.6 is 0 Å². The molecule has 1 fully saturated rings. The van der Waals surface area contributed by atoms with Crippen molar-refractivity contribution in [3.05, 3.63) is 29.8 Å². The third-order valence-electron chi connectivity index (χ3n) is 3.50. The molecule has 0 aliphatic carbocycles. The van der Waals surface area contributed by atoms with Crippen molar-refractivity contribution >= 4 is 11.0 Å². The van der Waals surface area contributed by atoms with Crippen LogP contribution < -0.4 is 5.32 Å². The second kappa shape index (κ2) is 4.11. The van der Waals surface area contributed by atoms with E-state index in [0.717, 1.165) is 36.5 Å². The molecule has 2 aromatic rings. The molecule has 0 saturated carbocycles. The minimum Gasteiger partial charge on any atom is -0.328 e. The smallest absolute Gasteiger partial charge is 0.125 e. The summed E-state index contributed by atoms with van der Waals surface area (Å²) >= 11 is 0. The third-order valence-corrected chi connectivity index (χ3v) is 3.50. The van der Waals surface area contributed by atoms with E-state index in [4.69, 9.17) is 0 Å². The Labute approximate surface area is 99.7 Å². The van der Waals surface area contributed by atoms with Gasteiger partial charge in [-0.05, 0) is 50.6 Å². The number of benzene rings is 1. The van der Waals surface area contributed by atoms with Gasteiger partial charge in [0, 0.05) is 6.54 Å². The molecule has 0 radical (unpaired) electrons. The average molecular weight is 233 g/mol. The van der Waals surface area contributed by atoms with Gasteiger partial charge in [0.1, 0.15) is 11.6 Å². The summed E-state index contributed by atoms with van der Waals surface area (Å²) in [4.78, 5) is 4.47. The van der Waals surface area contributed by atoms with E-state index in [1.807, 2.05) is 6.92 Å². The van der Waals surface area contributed by atoms with Crippen molar-refractivity contribution in [3.8, 4) is 0 Å². The lowest BCUT2D eigenvalue weighted by atomic mass is 10.1. The molecule has 3 nitrogen and oxygen atoms in total. The first-order valence-corrected chi connectivity index (χ1v) is 6.07. The topological polar surface area (TPSA) is 29.9 Å². The Morgan fingerprint density at radius 1 is 1.53 bits per heavy atom. The van der Waals surface area contributed by atoms with Crippen molar-refractivity contribution in [2.24, 2.45) is 5.92 Å². The lowest BCUT2D eigenvalue weighted by Gasteiger charge is -2.12. The van der Waals surface area contributed by atoms with Gasteiger partial charge in [-0.15, -0.1) is 0 Å². The van der Waals surface area contributed by atoms with Crippen LogP contribution in [0.15, 0.2) is 18.2 Å². The Kier molecular flexibility index (Phi) is 2.59. The molecule has 0 amide bonds. The first-order valence-electron chi connectivity index (χ1n) is 6.07. The summed E-state index contributed by atoms with van der Waals surface area (Å²) in [7, 11) is 0. The van der Waals surface area contributed by atoms with Crippen LogP contribution in [0.5, 0.6) is 0 Å². The van der Waals surface area contributed by atoms with Crippen LogP contribution in [0.2, 0.25) is 0 Å². The number of rotatable bonds is 2. The van der Waals surface area contributed by atoms with Crippen molar-refractivity contribution in [2.75, 3.05) is 13.1 Å². The van der Waals surface area contributed by atoms with Crippen molar-refractivity contribution < 1.29 is 4.39 Å². The highest BCUT2D eigenvalue weighted by atomic mass is 19.1. The van der Waals surface area contributed by atoms with E-state index in [1.54, 1.807) is 12.1 Å². The molecule has 3 rings (SSSR count). The van der Waals surface area contributed by atoms with Crippen molar-refractivity contribution in [3.63, 3.8) is 0 Å². The van der Waals surface area contributed by atoms with Crippen LogP contribution in [-0.4, -0.2) is 22.6 Å². The summed E-state index contributed by atoms with van der Waals surface area (Å²) in [5.74, 6) is 1.41. The number of hydrogen-bond acceptors (Lipinski definition) is 2. The van der Waals surface area contributed by atoms with Crippen LogP contribution in [0.1, 0.15) is 12.2 Å². The van der Waals surface area contributed by atoms with Gasteiger partial charge in [-0.2, -0.15) is 0 Å². The second-order valence-corrected chi connectivity index (χ2v) is 4.76. The molecule has 1 aliphatic rings. The number of nitrogens with one attached hydrogen (secondary N) is 1. The van der Waals surface area contributed by atoms with Crippen LogP contribution in [0.4, 0.5) is 4.39 Å². The van der Waals surface area contributed by atoms with E-state index in [1.165, 1.54) is 12.5 Å². The SMILES string of the molecule is Cc1nc2ccc(F)cc2n1CC1CCNC1. The van der Waals surface area contributed by atoms with Crippen molar-refractivity contribution in [1.82, 2.24) is 14.9 Å². The van der Waals surface area contributed by atoms with Gasteiger partial charge in [-0.1, -0.05) is 0 Å². The lowest BCUT2D eigenvalue weighted by Crippen LogP contribution is -2.15. The van der Waals surface area contributed by atoms with Gasteiger partial charge in [-0.25, -0.2) is 9.37 Å². The number of nitrogens with zero attached hydrogens (tertiary/aromatic N) is 2. The zero-order chi connectivity index (χ0) is 11.8. The highest BCUT2D eigenvalue weighted by Gasteiger charge is 2.17. The van der Waals surface area contributed by atoms with Crippen LogP contribution in [-0.2, 0) is 6.54 Å². The predicted molar refractivity (Wildman–Crippen MR) is 65.4 cm³/mol. The minimum absolute atomic E-state index is 0.191. The van der Waals surface area contributed by atoms with E-state index in [2.05, 4.69) is 14.9 Å². The molecule has 1 N–H and O–H groups in total. The predicted octanol–water partition coefficient (Wildman–Crippen LogP) is 2.09. The number of halogens is 1. The van der Waals surface area contributed by atoms with Gasteiger partial charge in [0.05, 0.1) is 11.0 Å². The van der Waals surface area contributed by atoms with Gasteiger partial charge in [0.2, 0.25) is 0 Å². The van der Waals surface area contributed by atoms with Crippen molar-refractivity contribution in [1.29, 1.82) is 0 Å². The van der Waals surface area contributed by atoms with E-state index < -0.39 is 0 Å². The molecule has 1 aliphatic heterocycles. The summed E-state index contributed by atoms with van der Waals surface area (Å²) < 4.78 is 15.4. The zero-order valence-corrected chi connectivity index (χ0v) is 9.91. The molecule has 17 heavy (non-hydrogen) atoms. The average Bonchev–Trinajstić information content (AvgIpc) is 2.90. The normalized spacial score (nSPS) is 20.2. The molecule has 2 heterocycles. The van der Waals surface area contributed by atoms with Gasteiger partial charge >= 0.3 is 0 Å². The molecule has 0 spiro atoms. The molecular formula is C13H16FN3. The van der Waals surface area contributed by atoms with Crippen LogP contribution in [0.3, 0.4) is 0 Å². The maximum Gasteiger partial charge on any atom is 0.125 e. The molecule has 1 atom stereocenters.